The van der Waals surface area contributed by atoms with E-state index in [1.807, 2.05) is 30.3 Å². The number of anilines is 3. The SMILES string of the molecule is CN1C(=O)/C(=C/c2ccc(N3c4ccccc4Sc4cccnc43)s2)C(=O)NC1=S. The summed E-state index contributed by atoms with van der Waals surface area (Å²) in [6.07, 6.45) is 3.38. The van der Waals surface area contributed by atoms with Gasteiger partial charge in [0.2, 0.25) is 0 Å². The third kappa shape index (κ3) is 3.11. The number of carbonyl (C=O) groups excluding carboxylic acids is 2. The molecule has 0 bridgehead atoms. The summed E-state index contributed by atoms with van der Waals surface area (Å²) >= 11 is 8.17. The molecule has 2 aliphatic heterocycles. The number of amides is 2. The molecule has 1 saturated heterocycles. The van der Waals surface area contributed by atoms with Crippen LogP contribution in [0.2, 0.25) is 0 Å². The molecule has 0 aliphatic carbocycles. The van der Waals surface area contributed by atoms with Gasteiger partial charge in [0.05, 0.1) is 10.6 Å². The second-order valence-electron chi connectivity index (χ2n) is 6.59. The number of rotatable bonds is 2. The van der Waals surface area contributed by atoms with Crippen molar-refractivity contribution in [2.24, 2.45) is 0 Å². The van der Waals surface area contributed by atoms with Crippen LogP contribution in [0.3, 0.4) is 0 Å². The number of para-hydroxylation sites is 1. The van der Waals surface area contributed by atoms with Gasteiger partial charge in [0.1, 0.15) is 10.6 Å². The number of thiophene rings is 1. The number of fused-ring (bicyclic) bond motifs is 2. The molecule has 2 aliphatic rings. The first-order valence-electron chi connectivity index (χ1n) is 9.00. The average molecular weight is 451 g/mol. The average Bonchev–Trinajstić information content (AvgIpc) is 3.21. The Morgan fingerprint density at radius 2 is 1.87 bits per heavy atom. The standard InChI is InChI=1S/C21H14N4O2S3/c1-24-20(27)13(19(26)23-21(24)28)11-12-8-9-17(29-12)25-14-5-2-3-6-15(14)30-16-7-4-10-22-18(16)25/h2-11H,1H3,(H,23,26,28)/b13-11+. The zero-order valence-corrected chi connectivity index (χ0v) is 18.1. The molecule has 1 aromatic carbocycles. The van der Waals surface area contributed by atoms with E-state index in [1.165, 1.54) is 16.2 Å². The highest BCUT2D eigenvalue weighted by atomic mass is 32.2. The van der Waals surface area contributed by atoms with Crippen molar-refractivity contribution in [1.29, 1.82) is 0 Å². The van der Waals surface area contributed by atoms with Gasteiger partial charge in [-0.1, -0.05) is 23.9 Å². The monoisotopic (exact) mass is 450 g/mol. The van der Waals surface area contributed by atoms with Crippen molar-refractivity contribution < 1.29 is 9.59 Å². The summed E-state index contributed by atoms with van der Waals surface area (Å²) in [5, 5.41) is 3.59. The largest absolute Gasteiger partial charge is 0.298 e. The zero-order valence-electron chi connectivity index (χ0n) is 15.7. The lowest BCUT2D eigenvalue weighted by Gasteiger charge is -2.30. The first-order valence-corrected chi connectivity index (χ1v) is 11.0. The first kappa shape index (κ1) is 19.0. The molecule has 1 fully saturated rings. The second-order valence-corrected chi connectivity index (χ2v) is 9.15. The van der Waals surface area contributed by atoms with Gasteiger partial charge < -0.3 is 0 Å². The summed E-state index contributed by atoms with van der Waals surface area (Å²) in [4.78, 5) is 35.7. The normalized spacial score (nSPS) is 17.1. The van der Waals surface area contributed by atoms with E-state index in [0.29, 0.717) is 0 Å². The van der Waals surface area contributed by atoms with Crippen LogP contribution in [0.15, 0.2) is 70.1 Å². The predicted molar refractivity (Wildman–Crippen MR) is 122 cm³/mol. The molecule has 1 N–H and O–H groups in total. The molecule has 0 saturated carbocycles. The fourth-order valence-corrected chi connectivity index (χ4v) is 5.41. The molecule has 9 heteroatoms. The first-order chi connectivity index (χ1) is 14.5. The summed E-state index contributed by atoms with van der Waals surface area (Å²) in [7, 11) is 1.54. The van der Waals surface area contributed by atoms with Crippen LogP contribution in [-0.2, 0) is 9.59 Å². The van der Waals surface area contributed by atoms with Gasteiger partial charge in [0.15, 0.2) is 10.9 Å². The van der Waals surface area contributed by atoms with Crippen molar-refractivity contribution in [2.45, 2.75) is 9.79 Å². The molecule has 6 nitrogen and oxygen atoms in total. The van der Waals surface area contributed by atoms with Crippen LogP contribution in [0.1, 0.15) is 4.88 Å². The van der Waals surface area contributed by atoms with E-state index in [-0.39, 0.29) is 10.7 Å². The van der Waals surface area contributed by atoms with E-state index in [9.17, 15) is 9.59 Å². The quantitative estimate of drug-likeness (QED) is 0.279. The Morgan fingerprint density at radius 3 is 2.73 bits per heavy atom. The number of hydrogen-bond acceptors (Lipinski definition) is 7. The highest BCUT2D eigenvalue weighted by Crippen LogP contribution is 2.51. The second kappa shape index (κ2) is 7.35. The van der Waals surface area contributed by atoms with E-state index in [1.54, 1.807) is 31.1 Å². The minimum Gasteiger partial charge on any atom is -0.298 e. The van der Waals surface area contributed by atoms with E-state index >= 15 is 0 Å². The number of likely N-dealkylation sites (N-methyl/N-ethyl adjacent to an activating group) is 1. The van der Waals surface area contributed by atoms with Gasteiger partial charge in [-0.25, -0.2) is 4.98 Å². The van der Waals surface area contributed by atoms with E-state index < -0.39 is 11.8 Å². The lowest BCUT2D eigenvalue weighted by atomic mass is 10.1. The molecule has 4 heterocycles. The maximum atomic E-state index is 12.5. The summed E-state index contributed by atoms with van der Waals surface area (Å²) in [5.74, 6) is -0.0333. The van der Waals surface area contributed by atoms with Crippen molar-refractivity contribution >= 4 is 74.8 Å². The number of benzene rings is 1. The predicted octanol–water partition coefficient (Wildman–Crippen LogP) is 4.33. The molecular weight excluding hydrogens is 436 g/mol. The lowest BCUT2D eigenvalue weighted by Crippen LogP contribution is -2.52. The summed E-state index contributed by atoms with van der Waals surface area (Å²) in [6, 6.07) is 16.0. The van der Waals surface area contributed by atoms with Crippen molar-refractivity contribution in [3.63, 3.8) is 0 Å². The van der Waals surface area contributed by atoms with Crippen LogP contribution in [0.25, 0.3) is 6.08 Å². The van der Waals surface area contributed by atoms with Gasteiger partial charge in [-0.3, -0.25) is 24.7 Å². The van der Waals surface area contributed by atoms with Gasteiger partial charge in [0, 0.05) is 23.0 Å². The lowest BCUT2D eigenvalue weighted by molar-refractivity contribution is -0.128. The van der Waals surface area contributed by atoms with Crippen LogP contribution in [0.4, 0.5) is 16.5 Å². The smallest absolute Gasteiger partial charge is 0.265 e. The summed E-state index contributed by atoms with van der Waals surface area (Å²) < 4.78 is 0. The van der Waals surface area contributed by atoms with Gasteiger partial charge in [0.25, 0.3) is 11.8 Å². The van der Waals surface area contributed by atoms with Crippen molar-refractivity contribution in [2.75, 3.05) is 11.9 Å². The van der Waals surface area contributed by atoms with Gasteiger partial charge in [-0.2, -0.15) is 0 Å². The van der Waals surface area contributed by atoms with Crippen LogP contribution in [0, 0.1) is 0 Å². The van der Waals surface area contributed by atoms with Crippen molar-refractivity contribution in [3.8, 4) is 0 Å². The molecule has 2 aromatic heterocycles. The Kier molecular flexibility index (Phi) is 4.65. The van der Waals surface area contributed by atoms with Gasteiger partial charge in [-0.05, 0) is 54.7 Å². The molecule has 30 heavy (non-hydrogen) atoms. The van der Waals surface area contributed by atoms with E-state index in [2.05, 4.69) is 33.4 Å². The Morgan fingerprint density at radius 1 is 1.07 bits per heavy atom. The highest BCUT2D eigenvalue weighted by molar-refractivity contribution is 7.99. The molecule has 0 spiro atoms. The maximum absolute atomic E-state index is 12.5. The zero-order chi connectivity index (χ0) is 20.8. The molecule has 0 unspecified atom stereocenters. The fraction of sp³-hybridized carbons (Fsp3) is 0.0476. The molecule has 3 aromatic rings. The Labute approximate surface area is 186 Å². The van der Waals surface area contributed by atoms with E-state index in [4.69, 9.17) is 12.2 Å². The van der Waals surface area contributed by atoms with Crippen LogP contribution >= 0.6 is 35.3 Å². The molecule has 2 amide bonds. The van der Waals surface area contributed by atoms with Crippen molar-refractivity contribution in [3.05, 3.63) is 65.2 Å². The van der Waals surface area contributed by atoms with Crippen LogP contribution in [0.5, 0.6) is 0 Å². The third-order valence-electron chi connectivity index (χ3n) is 4.71. The summed E-state index contributed by atoms with van der Waals surface area (Å²) in [6.45, 7) is 0. The number of hydrogen-bond donors (Lipinski definition) is 1. The minimum absolute atomic E-state index is 0.0626. The summed E-state index contributed by atoms with van der Waals surface area (Å²) in [5.41, 5.74) is 1.11. The Balaban J connectivity index is 1.56. The van der Waals surface area contributed by atoms with Gasteiger partial charge >= 0.3 is 0 Å². The number of carbonyl (C=O) groups is 2. The highest BCUT2D eigenvalue weighted by Gasteiger charge is 2.31. The third-order valence-corrected chi connectivity index (χ3v) is 7.21. The molecule has 148 valence electrons. The molecule has 0 atom stereocenters. The van der Waals surface area contributed by atoms with Crippen LogP contribution < -0.4 is 10.2 Å². The Hall–Kier alpha value is -3.01. The number of nitrogens with one attached hydrogen (secondary N) is 1. The number of nitrogens with zero attached hydrogens (tertiary/aromatic N) is 3. The molecule has 0 radical (unpaired) electrons. The number of pyridine rings is 1. The van der Waals surface area contributed by atoms with Gasteiger partial charge in [-0.15, -0.1) is 11.3 Å². The maximum Gasteiger partial charge on any atom is 0.265 e. The Bertz CT molecular complexity index is 1200. The minimum atomic E-state index is -0.482. The van der Waals surface area contributed by atoms with Crippen LogP contribution in [-0.4, -0.2) is 33.9 Å². The van der Waals surface area contributed by atoms with Crippen molar-refractivity contribution in [1.82, 2.24) is 15.2 Å². The topological polar surface area (TPSA) is 65.5 Å². The fourth-order valence-electron chi connectivity index (χ4n) is 3.24. The van der Waals surface area contributed by atoms with E-state index in [0.717, 1.165) is 31.2 Å². The molecular formula is C21H14N4O2S3. The molecule has 5 rings (SSSR count). The number of aromatic nitrogens is 1. The number of thiocarbonyl (C=S) groups is 1.